The molecule has 1 N–H and O–H groups in total. The van der Waals surface area contributed by atoms with Gasteiger partial charge >= 0.3 is 0 Å². The van der Waals surface area contributed by atoms with Gasteiger partial charge in [-0.3, -0.25) is 0 Å². The summed E-state index contributed by atoms with van der Waals surface area (Å²) in [4.78, 5) is 0. The fourth-order valence-corrected chi connectivity index (χ4v) is 1.73. The molecule has 2 nitrogen and oxygen atoms in total. The highest BCUT2D eigenvalue weighted by atomic mass is 35.5. The minimum absolute atomic E-state index is 0.313. The Morgan fingerprint density at radius 3 is 2.64 bits per heavy atom. The molecule has 0 saturated carbocycles. The first-order chi connectivity index (χ1) is 6.62. The summed E-state index contributed by atoms with van der Waals surface area (Å²) in [6.07, 6.45) is 2.15. The number of alkyl halides is 1. The maximum Gasteiger partial charge on any atom is 0.0477 e. The van der Waals surface area contributed by atoms with Gasteiger partial charge in [0.05, 0.1) is 0 Å². The van der Waals surface area contributed by atoms with Gasteiger partial charge in [0, 0.05) is 25.6 Å². The van der Waals surface area contributed by atoms with Crippen LogP contribution in [0.2, 0.25) is 0 Å². The van der Waals surface area contributed by atoms with E-state index < -0.39 is 0 Å². The predicted octanol–water partition coefficient (Wildman–Crippen LogP) is 2.66. The summed E-state index contributed by atoms with van der Waals surface area (Å²) >= 11 is 5.72. The fourth-order valence-electron chi connectivity index (χ4n) is 1.21. The third kappa shape index (κ3) is 8.79. The van der Waals surface area contributed by atoms with Gasteiger partial charge in [-0.1, -0.05) is 13.8 Å². The maximum absolute atomic E-state index is 5.72. The maximum atomic E-state index is 5.72. The zero-order valence-corrected chi connectivity index (χ0v) is 10.5. The molecule has 14 heavy (non-hydrogen) atoms. The first kappa shape index (κ1) is 14.2. The van der Waals surface area contributed by atoms with Crippen LogP contribution in [0.15, 0.2) is 0 Å². The van der Waals surface area contributed by atoms with Gasteiger partial charge in [0.25, 0.3) is 0 Å². The molecule has 3 heteroatoms. The molecule has 86 valence electrons. The van der Waals surface area contributed by atoms with Crippen molar-refractivity contribution in [1.82, 2.24) is 5.32 Å². The molecule has 0 aromatic rings. The van der Waals surface area contributed by atoms with Crippen LogP contribution in [0.25, 0.3) is 0 Å². The largest absolute Gasteiger partial charge is 0.382 e. The molecule has 0 aliphatic carbocycles. The lowest BCUT2D eigenvalue weighted by atomic mass is 9.90. The van der Waals surface area contributed by atoms with Crippen molar-refractivity contribution in [3.8, 4) is 0 Å². The Morgan fingerprint density at radius 2 is 2.07 bits per heavy atom. The van der Waals surface area contributed by atoms with E-state index in [1.54, 1.807) is 0 Å². The van der Waals surface area contributed by atoms with Crippen LogP contribution >= 0.6 is 11.6 Å². The molecule has 0 fully saturated rings. The lowest BCUT2D eigenvalue weighted by molar-refractivity contribution is 0.144. The fraction of sp³-hybridized carbons (Fsp3) is 1.00. The molecule has 0 heterocycles. The topological polar surface area (TPSA) is 21.3 Å². The van der Waals surface area contributed by atoms with Crippen molar-refractivity contribution < 1.29 is 4.74 Å². The van der Waals surface area contributed by atoms with E-state index in [0.29, 0.717) is 5.41 Å². The van der Waals surface area contributed by atoms with Gasteiger partial charge in [-0.15, -0.1) is 11.6 Å². The molecule has 0 aromatic heterocycles. The van der Waals surface area contributed by atoms with Gasteiger partial charge in [-0.25, -0.2) is 0 Å². The van der Waals surface area contributed by atoms with Crippen molar-refractivity contribution in [2.75, 3.05) is 32.2 Å². The van der Waals surface area contributed by atoms with Crippen molar-refractivity contribution in [3.05, 3.63) is 0 Å². The lowest BCUT2D eigenvalue weighted by Crippen LogP contribution is -2.30. The van der Waals surface area contributed by atoms with Gasteiger partial charge in [-0.2, -0.15) is 0 Å². The van der Waals surface area contributed by atoms with Gasteiger partial charge < -0.3 is 10.1 Å². The van der Waals surface area contributed by atoms with Crippen molar-refractivity contribution in [2.24, 2.45) is 5.41 Å². The number of halogens is 1. The van der Waals surface area contributed by atoms with E-state index >= 15 is 0 Å². The molecule has 0 aromatic carbocycles. The third-order valence-corrected chi connectivity index (χ3v) is 2.41. The second-order valence-corrected chi connectivity index (χ2v) is 4.71. The van der Waals surface area contributed by atoms with E-state index in [2.05, 4.69) is 19.2 Å². The minimum atomic E-state index is 0.313. The van der Waals surface area contributed by atoms with Crippen molar-refractivity contribution in [1.29, 1.82) is 0 Å². The Morgan fingerprint density at radius 1 is 1.36 bits per heavy atom. The van der Waals surface area contributed by atoms with Crippen LogP contribution in [-0.2, 0) is 4.74 Å². The molecule has 0 spiro atoms. The van der Waals surface area contributed by atoms with E-state index in [-0.39, 0.29) is 0 Å². The number of hydrogen-bond donors (Lipinski definition) is 1. The molecular weight excluding hydrogens is 198 g/mol. The van der Waals surface area contributed by atoms with Crippen LogP contribution in [0.5, 0.6) is 0 Å². The minimum Gasteiger partial charge on any atom is -0.382 e. The smallest absolute Gasteiger partial charge is 0.0477 e. The molecule has 0 rings (SSSR count). The highest BCUT2D eigenvalue weighted by Gasteiger charge is 2.15. The Kier molecular flexibility index (Phi) is 8.64. The predicted molar refractivity (Wildman–Crippen MR) is 63.1 cm³/mol. The first-order valence-electron chi connectivity index (χ1n) is 5.47. The Hall–Kier alpha value is 0.210. The Bertz CT molecular complexity index is 128. The average Bonchev–Trinajstić information content (AvgIpc) is 2.11. The summed E-state index contributed by atoms with van der Waals surface area (Å²) in [5, 5.41) is 3.43. The number of rotatable bonds is 9. The van der Waals surface area contributed by atoms with E-state index in [1.807, 2.05) is 6.92 Å². The van der Waals surface area contributed by atoms with Crippen LogP contribution in [0.1, 0.15) is 33.6 Å². The Balaban J connectivity index is 3.26. The number of hydrogen-bond acceptors (Lipinski definition) is 2. The molecule has 0 radical (unpaired) electrons. The standard InChI is InChI=1S/C11H24ClNO/c1-4-14-9-5-8-13-10-11(2,3)6-7-12/h13H,4-10H2,1-3H3. The second kappa shape index (κ2) is 8.51. The normalized spacial score (nSPS) is 12.0. The molecule has 0 aliphatic rings. The van der Waals surface area contributed by atoms with Gasteiger partial charge in [-0.05, 0) is 31.7 Å². The zero-order valence-electron chi connectivity index (χ0n) is 9.74. The summed E-state index contributed by atoms with van der Waals surface area (Å²) in [5.41, 5.74) is 0.313. The molecule has 0 unspecified atom stereocenters. The van der Waals surface area contributed by atoms with Crippen molar-refractivity contribution in [2.45, 2.75) is 33.6 Å². The molecular formula is C11H24ClNO. The SMILES string of the molecule is CCOCCCNCC(C)(C)CCCl. The van der Waals surface area contributed by atoms with Crippen LogP contribution < -0.4 is 5.32 Å². The number of ether oxygens (including phenoxy) is 1. The molecule has 0 atom stereocenters. The van der Waals surface area contributed by atoms with Crippen molar-refractivity contribution >= 4 is 11.6 Å². The van der Waals surface area contributed by atoms with E-state index in [0.717, 1.165) is 45.0 Å². The first-order valence-corrected chi connectivity index (χ1v) is 6.00. The lowest BCUT2D eigenvalue weighted by Gasteiger charge is -2.23. The van der Waals surface area contributed by atoms with Gasteiger partial charge in [0.1, 0.15) is 0 Å². The van der Waals surface area contributed by atoms with Crippen LogP contribution in [-0.4, -0.2) is 32.2 Å². The summed E-state index contributed by atoms with van der Waals surface area (Å²) in [6, 6.07) is 0. The quantitative estimate of drug-likeness (QED) is 0.478. The highest BCUT2D eigenvalue weighted by Crippen LogP contribution is 2.19. The second-order valence-electron chi connectivity index (χ2n) is 4.33. The number of nitrogens with one attached hydrogen (secondary N) is 1. The van der Waals surface area contributed by atoms with E-state index in [1.165, 1.54) is 0 Å². The van der Waals surface area contributed by atoms with Crippen LogP contribution in [0.3, 0.4) is 0 Å². The highest BCUT2D eigenvalue weighted by molar-refractivity contribution is 6.17. The zero-order chi connectivity index (χ0) is 10.9. The van der Waals surface area contributed by atoms with E-state index in [4.69, 9.17) is 16.3 Å². The summed E-state index contributed by atoms with van der Waals surface area (Å²) < 4.78 is 5.25. The summed E-state index contributed by atoms with van der Waals surface area (Å²) in [6.45, 7) is 10.3. The Labute approximate surface area is 93.4 Å². The molecule has 0 amide bonds. The van der Waals surface area contributed by atoms with Gasteiger partial charge in [0.2, 0.25) is 0 Å². The van der Waals surface area contributed by atoms with Crippen LogP contribution in [0, 0.1) is 5.41 Å². The monoisotopic (exact) mass is 221 g/mol. The third-order valence-electron chi connectivity index (χ3n) is 2.22. The van der Waals surface area contributed by atoms with Gasteiger partial charge in [0.15, 0.2) is 0 Å². The van der Waals surface area contributed by atoms with E-state index in [9.17, 15) is 0 Å². The molecule has 0 bridgehead atoms. The summed E-state index contributed by atoms with van der Waals surface area (Å²) in [5.74, 6) is 0.744. The average molecular weight is 222 g/mol. The molecule has 0 saturated heterocycles. The molecule has 0 aliphatic heterocycles. The van der Waals surface area contributed by atoms with Crippen LogP contribution in [0.4, 0.5) is 0 Å². The summed E-state index contributed by atoms with van der Waals surface area (Å²) in [7, 11) is 0. The van der Waals surface area contributed by atoms with Crippen molar-refractivity contribution in [3.63, 3.8) is 0 Å².